The number of amides is 2. The van der Waals surface area contributed by atoms with Gasteiger partial charge in [-0.05, 0) is 36.2 Å². The highest BCUT2D eigenvalue weighted by molar-refractivity contribution is 6.04. The molecule has 6 heteroatoms. The van der Waals surface area contributed by atoms with E-state index in [0.29, 0.717) is 0 Å². The normalized spacial score (nSPS) is 16.8. The van der Waals surface area contributed by atoms with Crippen molar-refractivity contribution >= 4 is 23.2 Å². The summed E-state index contributed by atoms with van der Waals surface area (Å²) < 4.78 is 26.5. The molecule has 4 nitrogen and oxygen atoms in total. The van der Waals surface area contributed by atoms with Gasteiger partial charge in [0, 0.05) is 37.5 Å². The van der Waals surface area contributed by atoms with Crippen LogP contribution in [0.1, 0.15) is 18.9 Å². The number of anilines is 2. The van der Waals surface area contributed by atoms with E-state index in [1.165, 1.54) is 23.6 Å². The molecule has 0 bridgehead atoms. The lowest BCUT2D eigenvalue weighted by molar-refractivity contribution is -0.124. The molecule has 2 aromatic carbocycles. The van der Waals surface area contributed by atoms with Gasteiger partial charge < -0.3 is 9.80 Å². The van der Waals surface area contributed by atoms with Gasteiger partial charge in [0.15, 0.2) is 11.6 Å². The maximum Gasteiger partial charge on any atom is 0.232 e. The van der Waals surface area contributed by atoms with Crippen LogP contribution in [0.15, 0.2) is 42.5 Å². The lowest BCUT2D eigenvalue weighted by atomic mass is 10.1. The number of hydrogen-bond donors (Lipinski definition) is 0. The van der Waals surface area contributed by atoms with Gasteiger partial charge in [0.05, 0.1) is 5.92 Å². The van der Waals surface area contributed by atoms with Crippen LogP contribution in [0.2, 0.25) is 0 Å². The zero-order chi connectivity index (χ0) is 18.8. The zero-order valence-electron chi connectivity index (χ0n) is 14.7. The predicted octanol–water partition coefficient (Wildman–Crippen LogP) is 3.54. The Morgan fingerprint density at radius 2 is 1.85 bits per heavy atom. The van der Waals surface area contributed by atoms with E-state index in [4.69, 9.17) is 0 Å². The van der Waals surface area contributed by atoms with Crippen molar-refractivity contribution in [1.82, 2.24) is 0 Å². The van der Waals surface area contributed by atoms with Gasteiger partial charge in [-0.15, -0.1) is 0 Å². The number of nitrogens with zero attached hydrogens (tertiary/aromatic N) is 2. The summed E-state index contributed by atoms with van der Waals surface area (Å²) in [6.45, 7) is 2.33. The summed E-state index contributed by atoms with van der Waals surface area (Å²) in [6, 6.07) is 11.0. The van der Waals surface area contributed by atoms with Crippen molar-refractivity contribution in [3.05, 3.63) is 59.7 Å². The van der Waals surface area contributed by atoms with Crippen LogP contribution in [0.3, 0.4) is 0 Å². The fraction of sp³-hybridized carbons (Fsp3) is 0.300. The highest BCUT2D eigenvalue weighted by atomic mass is 19.2. The molecule has 1 unspecified atom stereocenters. The van der Waals surface area contributed by atoms with Crippen LogP contribution < -0.4 is 9.80 Å². The minimum atomic E-state index is -1.01. The quantitative estimate of drug-likeness (QED) is 0.839. The molecule has 1 fully saturated rings. The van der Waals surface area contributed by atoms with Crippen molar-refractivity contribution < 1.29 is 18.4 Å². The van der Waals surface area contributed by atoms with Crippen LogP contribution in [-0.2, 0) is 16.0 Å². The second kappa shape index (κ2) is 7.23. The second-order valence-corrected chi connectivity index (χ2v) is 6.42. The highest BCUT2D eigenvalue weighted by Crippen LogP contribution is 2.28. The van der Waals surface area contributed by atoms with Crippen LogP contribution >= 0.6 is 0 Å². The first-order valence-electron chi connectivity index (χ1n) is 8.52. The van der Waals surface area contributed by atoms with E-state index in [1.54, 1.807) is 4.90 Å². The number of carbonyl (C=O) groups excluding carboxylic acids is 2. The van der Waals surface area contributed by atoms with Gasteiger partial charge in [0.25, 0.3) is 0 Å². The first kappa shape index (κ1) is 18.0. The Bertz CT molecular complexity index is 836. The van der Waals surface area contributed by atoms with E-state index < -0.39 is 17.6 Å². The predicted molar refractivity (Wildman–Crippen MR) is 96.0 cm³/mol. The Balaban J connectivity index is 1.74. The molecule has 26 heavy (non-hydrogen) atoms. The molecule has 1 aliphatic heterocycles. The largest absolute Gasteiger partial charge is 0.315 e. The molecular weight excluding hydrogens is 338 g/mol. The average molecular weight is 358 g/mol. The number of benzene rings is 2. The van der Waals surface area contributed by atoms with Crippen molar-refractivity contribution in [2.45, 2.75) is 19.8 Å². The van der Waals surface area contributed by atoms with Crippen molar-refractivity contribution in [2.24, 2.45) is 5.92 Å². The molecule has 1 heterocycles. The molecule has 1 aliphatic rings. The van der Waals surface area contributed by atoms with Crippen LogP contribution in [0.5, 0.6) is 0 Å². The molecule has 2 amide bonds. The molecule has 3 rings (SSSR count). The van der Waals surface area contributed by atoms with Crippen molar-refractivity contribution in [2.75, 3.05) is 23.4 Å². The smallest absolute Gasteiger partial charge is 0.232 e. The zero-order valence-corrected chi connectivity index (χ0v) is 14.7. The molecule has 2 aromatic rings. The van der Waals surface area contributed by atoms with Crippen LogP contribution in [0.4, 0.5) is 20.2 Å². The Morgan fingerprint density at radius 1 is 1.15 bits per heavy atom. The lowest BCUT2D eigenvalue weighted by Crippen LogP contribution is -2.34. The standard InChI is InChI=1S/C20H20F2N2O2/c1-3-13-4-6-15(7-5-13)24-12-14(10-19(24)25)20(26)23(2)16-8-9-17(21)18(22)11-16/h4-9,11,14H,3,10,12H2,1-2H3. The molecule has 1 saturated heterocycles. The third-order valence-electron chi connectivity index (χ3n) is 4.75. The van der Waals surface area contributed by atoms with Gasteiger partial charge in [-0.3, -0.25) is 9.59 Å². The first-order chi connectivity index (χ1) is 12.4. The Kier molecular flexibility index (Phi) is 5.02. The molecule has 0 saturated carbocycles. The van der Waals surface area contributed by atoms with E-state index in [-0.39, 0.29) is 30.5 Å². The van der Waals surface area contributed by atoms with Gasteiger partial charge in [0.2, 0.25) is 11.8 Å². The minimum Gasteiger partial charge on any atom is -0.315 e. The summed E-state index contributed by atoms with van der Waals surface area (Å²) in [6.07, 6.45) is 1.01. The summed E-state index contributed by atoms with van der Waals surface area (Å²) in [5.41, 5.74) is 2.19. The van der Waals surface area contributed by atoms with Crippen molar-refractivity contribution in [3.8, 4) is 0 Å². The number of halogens is 2. The monoisotopic (exact) mass is 358 g/mol. The summed E-state index contributed by atoms with van der Waals surface area (Å²) >= 11 is 0. The number of rotatable bonds is 4. The summed E-state index contributed by atoms with van der Waals surface area (Å²) in [5, 5.41) is 0. The minimum absolute atomic E-state index is 0.0996. The Labute approximate surface area is 151 Å². The van der Waals surface area contributed by atoms with E-state index in [1.807, 2.05) is 24.3 Å². The fourth-order valence-electron chi connectivity index (χ4n) is 3.13. The van der Waals surface area contributed by atoms with Gasteiger partial charge in [-0.25, -0.2) is 8.78 Å². The number of carbonyl (C=O) groups is 2. The molecule has 0 aromatic heterocycles. The van der Waals surface area contributed by atoms with Crippen molar-refractivity contribution in [3.63, 3.8) is 0 Å². The Hall–Kier alpha value is -2.76. The van der Waals surface area contributed by atoms with Gasteiger partial charge >= 0.3 is 0 Å². The average Bonchev–Trinajstić information content (AvgIpc) is 3.04. The summed E-state index contributed by atoms with van der Waals surface area (Å²) in [4.78, 5) is 27.9. The molecule has 1 atom stereocenters. The van der Waals surface area contributed by atoms with Crippen molar-refractivity contribution in [1.29, 1.82) is 0 Å². The lowest BCUT2D eigenvalue weighted by Gasteiger charge is -2.22. The number of hydrogen-bond acceptors (Lipinski definition) is 2. The maximum atomic E-state index is 13.4. The molecular formula is C20H20F2N2O2. The molecule has 0 aliphatic carbocycles. The highest BCUT2D eigenvalue weighted by Gasteiger charge is 2.36. The third-order valence-corrected chi connectivity index (χ3v) is 4.75. The van der Waals surface area contributed by atoms with E-state index >= 15 is 0 Å². The second-order valence-electron chi connectivity index (χ2n) is 6.42. The van der Waals surface area contributed by atoms with E-state index in [0.717, 1.165) is 24.2 Å². The number of aryl methyl sites for hydroxylation is 1. The van der Waals surface area contributed by atoms with E-state index in [9.17, 15) is 18.4 Å². The SMILES string of the molecule is CCc1ccc(N2CC(C(=O)N(C)c3ccc(F)c(F)c3)CC2=O)cc1. The molecule has 0 spiro atoms. The summed E-state index contributed by atoms with van der Waals surface area (Å²) in [5.74, 6) is -2.91. The topological polar surface area (TPSA) is 40.6 Å². The first-order valence-corrected chi connectivity index (χ1v) is 8.52. The maximum absolute atomic E-state index is 13.4. The molecule has 0 radical (unpaired) electrons. The van der Waals surface area contributed by atoms with Crippen LogP contribution in [-0.4, -0.2) is 25.4 Å². The molecule has 136 valence electrons. The fourth-order valence-corrected chi connectivity index (χ4v) is 3.13. The molecule has 0 N–H and O–H groups in total. The van der Waals surface area contributed by atoms with Gasteiger partial charge in [0.1, 0.15) is 0 Å². The van der Waals surface area contributed by atoms with Crippen LogP contribution in [0, 0.1) is 17.6 Å². The van der Waals surface area contributed by atoms with Gasteiger partial charge in [-0.2, -0.15) is 0 Å². The van der Waals surface area contributed by atoms with Crippen LogP contribution in [0.25, 0.3) is 0 Å². The Morgan fingerprint density at radius 3 is 2.46 bits per heavy atom. The van der Waals surface area contributed by atoms with Gasteiger partial charge in [-0.1, -0.05) is 19.1 Å². The van der Waals surface area contributed by atoms with E-state index in [2.05, 4.69) is 6.92 Å². The summed E-state index contributed by atoms with van der Waals surface area (Å²) in [7, 11) is 1.50. The third kappa shape index (κ3) is 3.45.